The van der Waals surface area contributed by atoms with E-state index < -0.39 is 0 Å². The summed E-state index contributed by atoms with van der Waals surface area (Å²) in [4.78, 5) is 8.94. The zero-order chi connectivity index (χ0) is 13.8. The highest BCUT2D eigenvalue weighted by molar-refractivity contribution is 5.54. The maximum Gasteiger partial charge on any atom is 0.135 e. The van der Waals surface area contributed by atoms with Crippen molar-refractivity contribution >= 4 is 11.6 Å². The Kier molecular flexibility index (Phi) is 4.61. The van der Waals surface area contributed by atoms with Crippen LogP contribution >= 0.6 is 0 Å². The van der Waals surface area contributed by atoms with E-state index in [4.69, 9.17) is 5.73 Å². The molecule has 1 fully saturated rings. The van der Waals surface area contributed by atoms with Crippen LogP contribution in [-0.2, 0) is 0 Å². The molecule has 19 heavy (non-hydrogen) atoms. The van der Waals surface area contributed by atoms with Crippen LogP contribution in [-0.4, -0.2) is 16.5 Å². The molecule has 106 valence electrons. The van der Waals surface area contributed by atoms with Crippen molar-refractivity contribution in [2.45, 2.75) is 58.8 Å². The van der Waals surface area contributed by atoms with Gasteiger partial charge in [0.25, 0.3) is 0 Å². The first-order valence-corrected chi connectivity index (χ1v) is 7.45. The minimum atomic E-state index is 0.304. The second-order valence-corrected chi connectivity index (χ2v) is 5.96. The van der Waals surface area contributed by atoms with Crippen LogP contribution in [0.25, 0.3) is 0 Å². The van der Waals surface area contributed by atoms with Crippen LogP contribution in [0.5, 0.6) is 0 Å². The minimum Gasteiger partial charge on any atom is -0.383 e. The van der Waals surface area contributed by atoms with Gasteiger partial charge in [0.2, 0.25) is 0 Å². The first-order chi connectivity index (χ1) is 9.08. The van der Waals surface area contributed by atoms with E-state index in [-0.39, 0.29) is 0 Å². The summed E-state index contributed by atoms with van der Waals surface area (Å²) in [5.74, 6) is 3.54. The van der Waals surface area contributed by atoms with E-state index in [1.165, 1.54) is 32.1 Å². The minimum absolute atomic E-state index is 0.304. The fourth-order valence-electron chi connectivity index (χ4n) is 2.68. The highest BCUT2D eigenvalue weighted by Crippen LogP contribution is 2.27. The third-order valence-corrected chi connectivity index (χ3v) is 4.04. The standard InChI is InChI=1S/C15H26N4/c1-10(2)14-18-13(16)11(3)15(19-14)17-9-8-12-6-4-5-7-12/h10,12H,4-9H2,1-3H3,(H3,16,17,18,19). The summed E-state index contributed by atoms with van der Waals surface area (Å²) in [7, 11) is 0. The smallest absolute Gasteiger partial charge is 0.135 e. The van der Waals surface area contributed by atoms with Crippen molar-refractivity contribution in [1.82, 2.24) is 9.97 Å². The summed E-state index contributed by atoms with van der Waals surface area (Å²) < 4.78 is 0. The lowest BCUT2D eigenvalue weighted by Gasteiger charge is -2.15. The molecule has 1 aromatic heterocycles. The second kappa shape index (κ2) is 6.22. The molecule has 0 aliphatic heterocycles. The largest absolute Gasteiger partial charge is 0.383 e. The molecular formula is C15H26N4. The Bertz CT molecular complexity index is 422. The van der Waals surface area contributed by atoms with Gasteiger partial charge in [-0.3, -0.25) is 0 Å². The molecule has 1 heterocycles. The summed E-state index contributed by atoms with van der Waals surface area (Å²) in [6, 6.07) is 0. The van der Waals surface area contributed by atoms with Gasteiger partial charge < -0.3 is 11.1 Å². The Hall–Kier alpha value is -1.32. The molecule has 3 N–H and O–H groups in total. The molecule has 1 aliphatic rings. The molecule has 1 saturated carbocycles. The first kappa shape index (κ1) is 14.1. The topological polar surface area (TPSA) is 63.8 Å². The Balaban J connectivity index is 1.98. The van der Waals surface area contributed by atoms with E-state index in [2.05, 4.69) is 29.1 Å². The van der Waals surface area contributed by atoms with Crippen molar-refractivity contribution in [2.24, 2.45) is 5.92 Å². The molecule has 0 amide bonds. The highest BCUT2D eigenvalue weighted by atomic mass is 15.1. The van der Waals surface area contributed by atoms with Gasteiger partial charge in [0.1, 0.15) is 17.5 Å². The molecule has 0 bridgehead atoms. The predicted octanol–water partition coefficient (Wildman–Crippen LogP) is 3.48. The Morgan fingerprint density at radius 3 is 2.58 bits per heavy atom. The molecule has 0 unspecified atom stereocenters. The number of rotatable bonds is 5. The average molecular weight is 262 g/mol. The van der Waals surface area contributed by atoms with Crippen molar-refractivity contribution in [3.05, 3.63) is 11.4 Å². The van der Waals surface area contributed by atoms with Crippen molar-refractivity contribution < 1.29 is 0 Å². The monoisotopic (exact) mass is 262 g/mol. The molecule has 4 heteroatoms. The van der Waals surface area contributed by atoms with E-state index in [0.29, 0.717) is 11.7 Å². The second-order valence-electron chi connectivity index (χ2n) is 5.96. The number of nitrogens with zero attached hydrogens (tertiary/aromatic N) is 2. The van der Waals surface area contributed by atoms with Gasteiger partial charge in [-0.05, 0) is 19.3 Å². The van der Waals surface area contributed by atoms with E-state index >= 15 is 0 Å². The number of hydrogen-bond acceptors (Lipinski definition) is 4. The van der Waals surface area contributed by atoms with Gasteiger partial charge in [0, 0.05) is 18.0 Å². The number of aromatic nitrogens is 2. The summed E-state index contributed by atoms with van der Waals surface area (Å²) in [6.45, 7) is 7.15. The van der Waals surface area contributed by atoms with Gasteiger partial charge in [-0.15, -0.1) is 0 Å². The predicted molar refractivity (Wildman–Crippen MR) is 80.3 cm³/mol. The molecule has 0 aromatic carbocycles. The number of nitrogen functional groups attached to an aromatic ring is 1. The van der Waals surface area contributed by atoms with Crippen molar-refractivity contribution in [3.63, 3.8) is 0 Å². The van der Waals surface area contributed by atoms with Crippen LogP contribution in [0.3, 0.4) is 0 Å². The quantitative estimate of drug-likeness (QED) is 0.852. The van der Waals surface area contributed by atoms with Crippen molar-refractivity contribution in [2.75, 3.05) is 17.6 Å². The lowest BCUT2D eigenvalue weighted by Crippen LogP contribution is -2.13. The Morgan fingerprint density at radius 1 is 1.26 bits per heavy atom. The van der Waals surface area contributed by atoms with Crippen LogP contribution < -0.4 is 11.1 Å². The van der Waals surface area contributed by atoms with E-state index in [1.54, 1.807) is 0 Å². The zero-order valence-corrected chi connectivity index (χ0v) is 12.4. The lowest BCUT2D eigenvalue weighted by atomic mass is 10.0. The van der Waals surface area contributed by atoms with E-state index in [1.807, 2.05) is 6.92 Å². The highest BCUT2D eigenvalue weighted by Gasteiger charge is 2.15. The van der Waals surface area contributed by atoms with Crippen LogP contribution in [0.15, 0.2) is 0 Å². The number of nitrogens with two attached hydrogens (primary N) is 1. The SMILES string of the molecule is Cc1c(N)nc(C(C)C)nc1NCCC1CCCC1. The van der Waals surface area contributed by atoms with Crippen LogP contribution in [0, 0.1) is 12.8 Å². The number of nitrogens with one attached hydrogen (secondary N) is 1. The first-order valence-electron chi connectivity index (χ1n) is 7.45. The van der Waals surface area contributed by atoms with Gasteiger partial charge in [-0.2, -0.15) is 0 Å². The van der Waals surface area contributed by atoms with Crippen molar-refractivity contribution in [1.29, 1.82) is 0 Å². The molecular weight excluding hydrogens is 236 g/mol. The van der Waals surface area contributed by atoms with Gasteiger partial charge >= 0.3 is 0 Å². The summed E-state index contributed by atoms with van der Waals surface area (Å²) in [5, 5.41) is 3.44. The van der Waals surface area contributed by atoms with Gasteiger partial charge in [-0.1, -0.05) is 39.5 Å². The summed E-state index contributed by atoms with van der Waals surface area (Å²) in [6.07, 6.45) is 6.83. The normalized spacial score (nSPS) is 16.2. The number of hydrogen-bond donors (Lipinski definition) is 2. The molecule has 0 spiro atoms. The van der Waals surface area contributed by atoms with E-state index in [0.717, 1.165) is 29.7 Å². The molecule has 2 rings (SSSR count). The molecule has 1 aromatic rings. The maximum absolute atomic E-state index is 5.96. The summed E-state index contributed by atoms with van der Waals surface area (Å²) >= 11 is 0. The molecule has 4 nitrogen and oxygen atoms in total. The maximum atomic E-state index is 5.96. The van der Waals surface area contributed by atoms with Crippen LogP contribution in [0.2, 0.25) is 0 Å². The summed E-state index contributed by atoms with van der Waals surface area (Å²) in [5.41, 5.74) is 6.93. The Morgan fingerprint density at radius 2 is 1.95 bits per heavy atom. The molecule has 0 radical (unpaired) electrons. The lowest BCUT2D eigenvalue weighted by molar-refractivity contribution is 0.518. The van der Waals surface area contributed by atoms with Crippen LogP contribution in [0.1, 0.15) is 63.3 Å². The third-order valence-electron chi connectivity index (χ3n) is 4.04. The van der Waals surface area contributed by atoms with Gasteiger partial charge in [0.15, 0.2) is 0 Å². The fourth-order valence-corrected chi connectivity index (χ4v) is 2.68. The van der Waals surface area contributed by atoms with Gasteiger partial charge in [0.05, 0.1) is 0 Å². The molecule has 0 saturated heterocycles. The van der Waals surface area contributed by atoms with Crippen LogP contribution in [0.4, 0.5) is 11.6 Å². The van der Waals surface area contributed by atoms with Gasteiger partial charge in [-0.25, -0.2) is 9.97 Å². The number of anilines is 2. The average Bonchev–Trinajstić information content (AvgIpc) is 2.87. The van der Waals surface area contributed by atoms with E-state index in [9.17, 15) is 0 Å². The fraction of sp³-hybridized carbons (Fsp3) is 0.733. The molecule has 0 atom stereocenters. The zero-order valence-electron chi connectivity index (χ0n) is 12.4. The Labute approximate surface area is 116 Å². The van der Waals surface area contributed by atoms with Crippen molar-refractivity contribution in [3.8, 4) is 0 Å². The third kappa shape index (κ3) is 3.58. The molecule has 1 aliphatic carbocycles.